The van der Waals surface area contributed by atoms with Gasteiger partial charge in [-0.25, -0.2) is 0 Å². The van der Waals surface area contributed by atoms with E-state index in [0.717, 1.165) is 12.2 Å². The molecule has 1 atom stereocenters. The van der Waals surface area contributed by atoms with Crippen molar-refractivity contribution in [1.29, 1.82) is 0 Å². The highest BCUT2D eigenvalue weighted by molar-refractivity contribution is 6.99. The second kappa shape index (κ2) is 4.06. The van der Waals surface area contributed by atoms with E-state index in [4.69, 9.17) is 6.42 Å². The lowest BCUT2D eigenvalue weighted by Crippen LogP contribution is -2.19. The Bertz CT molecular complexity index is 237. The minimum atomic E-state index is -0.0845. The lowest BCUT2D eigenvalue weighted by Gasteiger charge is -2.05. The normalized spacial score (nSPS) is 12.4. The second-order valence-electron chi connectivity index (χ2n) is 1.99. The molecular formula is C7H9N3S. The smallest absolute Gasteiger partial charge is 0.114 e. The van der Waals surface area contributed by atoms with E-state index >= 15 is 0 Å². The third-order valence-electron chi connectivity index (χ3n) is 1.25. The molecule has 0 bridgehead atoms. The molecule has 0 aliphatic carbocycles. The van der Waals surface area contributed by atoms with Crippen molar-refractivity contribution < 1.29 is 0 Å². The van der Waals surface area contributed by atoms with E-state index in [-0.39, 0.29) is 6.04 Å². The van der Waals surface area contributed by atoms with Gasteiger partial charge in [-0.05, 0) is 6.54 Å². The van der Waals surface area contributed by atoms with E-state index in [0.29, 0.717) is 0 Å². The summed E-state index contributed by atoms with van der Waals surface area (Å²) in [6, 6.07) is -0.0845. The molecule has 1 aromatic rings. The monoisotopic (exact) mass is 167 g/mol. The summed E-state index contributed by atoms with van der Waals surface area (Å²) in [5.41, 5.74) is 0.833. The van der Waals surface area contributed by atoms with Gasteiger partial charge in [-0.1, -0.05) is 12.8 Å². The van der Waals surface area contributed by atoms with Crippen molar-refractivity contribution in [1.82, 2.24) is 14.1 Å². The SMILES string of the molecule is C#CC(NCC)c1cnsn1. The topological polar surface area (TPSA) is 37.8 Å². The van der Waals surface area contributed by atoms with Crippen LogP contribution in [0.3, 0.4) is 0 Å². The molecule has 0 saturated carbocycles. The Kier molecular flexibility index (Phi) is 3.02. The third-order valence-corrected chi connectivity index (χ3v) is 1.74. The van der Waals surface area contributed by atoms with Crippen molar-refractivity contribution >= 4 is 11.7 Å². The summed E-state index contributed by atoms with van der Waals surface area (Å²) < 4.78 is 7.90. The van der Waals surface area contributed by atoms with Gasteiger partial charge in [-0.15, -0.1) is 6.42 Å². The maximum atomic E-state index is 5.27. The molecular weight excluding hydrogens is 158 g/mol. The van der Waals surface area contributed by atoms with Gasteiger partial charge in [-0.2, -0.15) is 8.75 Å². The van der Waals surface area contributed by atoms with Crippen LogP contribution in [0.25, 0.3) is 0 Å². The van der Waals surface area contributed by atoms with Crippen LogP contribution in [0.5, 0.6) is 0 Å². The van der Waals surface area contributed by atoms with Crippen LogP contribution in [-0.4, -0.2) is 15.3 Å². The number of hydrogen-bond donors (Lipinski definition) is 1. The van der Waals surface area contributed by atoms with Gasteiger partial charge in [0, 0.05) is 0 Å². The minimum Gasteiger partial charge on any atom is -0.299 e. The number of aromatic nitrogens is 2. The first-order chi connectivity index (χ1) is 5.38. The van der Waals surface area contributed by atoms with Crippen molar-refractivity contribution in [3.8, 4) is 12.3 Å². The minimum absolute atomic E-state index is 0.0845. The molecule has 0 radical (unpaired) electrons. The van der Waals surface area contributed by atoms with Gasteiger partial charge >= 0.3 is 0 Å². The summed E-state index contributed by atoms with van der Waals surface area (Å²) in [5.74, 6) is 2.60. The summed E-state index contributed by atoms with van der Waals surface area (Å²) in [4.78, 5) is 0. The molecule has 4 heteroatoms. The summed E-state index contributed by atoms with van der Waals surface area (Å²) in [6.45, 7) is 2.84. The largest absolute Gasteiger partial charge is 0.299 e. The van der Waals surface area contributed by atoms with Crippen molar-refractivity contribution in [3.05, 3.63) is 11.9 Å². The van der Waals surface area contributed by atoms with Crippen LogP contribution >= 0.6 is 11.7 Å². The molecule has 11 heavy (non-hydrogen) atoms. The molecule has 0 spiro atoms. The van der Waals surface area contributed by atoms with Gasteiger partial charge in [0.05, 0.1) is 17.9 Å². The van der Waals surface area contributed by atoms with Gasteiger partial charge < -0.3 is 0 Å². The van der Waals surface area contributed by atoms with Crippen LogP contribution in [0, 0.1) is 12.3 Å². The molecule has 1 heterocycles. The Hall–Kier alpha value is -0.920. The van der Waals surface area contributed by atoms with Crippen molar-refractivity contribution in [2.24, 2.45) is 0 Å². The van der Waals surface area contributed by atoms with Crippen LogP contribution < -0.4 is 5.32 Å². The number of nitrogens with zero attached hydrogens (tertiary/aromatic N) is 2. The highest BCUT2D eigenvalue weighted by atomic mass is 32.1. The van der Waals surface area contributed by atoms with E-state index in [1.165, 1.54) is 11.7 Å². The highest BCUT2D eigenvalue weighted by Crippen LogP contribution is 2.07. The standard InChI is InChI=1S/C7H9N3S/c1-3-6(8-4-2)7-5-9-11-10-7/h1,5-6,8H,4H2,2H3. The molecule has 1 unspecified atom stereocenters. The Morgan fingerprint density at radius 3 is 3.18 bits per heavy atom. The van der Waals surface area contributed by atoms with Crippen LogP contribution in [0.15, 0.2) is 6.20 Å². The number of nitrogens with one attached hydrogen (secondary N) is 1. The van der Waals surface area contributed by atoms with Crippen LogP contribution in [0.1, 0.15) is 18.7 Å². The van der Waals surface area contributed by atoms with Crippen LogP contribution in [0.2, 0.25) is 0 Å². The average molecular weight is 167 g/mol. The van der Waals surface area contributed by atoms with E-state index in [1.807, 2.05) is 6.92 Å². The Labute approximate surface area is 70.2 Å². The molecule has 0 fully saturated rings. The van der Waals surface area contributed by atoms with Gasteiger partial charge in [0.1, 0.15) is 11.7 Å². The third kappa shape index (κ3) is 2.00. The zero-order valence-electron chi connectivity index (χ0n) is 6.24. The average Bonchev–Trinajstić information content (AvgIpc) is 2.52. The second-order valence-corrected chi connectivity index (χ2v) is 2.55. The molecule has 0 aliphatic rings. The zero-order chi connectivity index (χ0) is 8.10. The summed E-state index contributed by atoms with van der Waals surface area (Å²) in [6.07, 6.45) is 6.97. The fourth-order valence-corrected chi connectivity index (χ4v) is 1.20. The number of terminal acetylenes is 1. The van der Waals surface area contributed by atoms with Gasteiger partial charge in [0.15, 0.2) is 0 Å². The first kappa shape index (κ1) is 8.18. The number of hydrogen-bond acceptors (Lipinski definition) is 4. The maximum Gasteiger partial charge on any atom is 0.114 e. The van der Waals surface area contributed by atoms with Crippen molar-refractivity contribution in [2.75, 3.05) is 6.54 Å². The lowest BCUT2D eigenvalue weighted by atomic mass is 10.2. The Morgan fingerprint density at radius 1 is 1.91 bits per heavy atom. The Balaban J connectivity index is 2.65. The first-order valence-corrected chi connectivity index (χ1v) is 4.08. The molecule has 0 aliphatic heterocycles. The predicted octanol–water partition coefficient (Wildman–Crippen LogP) is 0.822. The molecule has 0 amide bonds. The predicted molar refractivity (Wildman–Crippen MR) is 45.2 cm³/mol. The van der Waals surface area contributed by atoms with Crippen molar-refractivity contribution in [3.63, 3.8) is 0 Å². The quantitative estimate of drug-likeness (QED) is 0.677. The summed E-state index contributed by atoms with van der Waals surface area (Å²) in [7, 11) is 0. The zero-order valence-corrected chi connectivity index (χ0v) is 7.06. The maximum absolute atomic E-state index is 5.27. The molecule has 0 saturated heterocycles. The molecule has 1 rings (SSSR count). The molecule has 3 nitrogen and oxygen atoms in total. The van der Waals surface area contributed by atoms with Crippen molar-refractivity contribution in [2.45, 2.75) is 13.0 Å². The van der Waals surface area contributed by atoms with E-state index in [2.05, 4.69) is 20.0 Å². The lowest BCUT2D eigenvalue weighted by molar-refractivity contribution is 0.654. The molecule has 1 N–H and O–H groups in total. The molecule has 1 aromatic heterocycles. The molecule has 58 valence electrons. The van der Waals surface area contributed by atoms with Crippen LogP contribution in [-0.2, 0) is 0 Å². The summed E-state index contributed by atoms with van der Waals surface area (Å²) in [5, 5.41) is 3.10. The molecule has 0 aromatic carbocycles. The van der Waals surface area contributed by atoms with Gasteiger partial charge in [0.25, 0.3) is 0 Å². The first-order valence-electron chi connectivity index (χ1n) is 3.35. The fraction of sp³-hybridized carbons (Fsp3) is 0.429. The highest BCUT2D eigenvalue weighted by Gasteiger charge is 2.07. The van der Waals surface area contributed by atoms with Crippen LogP contribution in [0.4, 0.5) is 0 Å². The van der Waals surface area contributed by atoms with E-state index < -0.39 is 0 Å². The van der Waals surface area contributed by atoms with E-state index in [1.54, 1.807) is 6.20 Å². The number of rotatable bonds is 3. The van der Waals surface area contributed by atoms with Gasteiger partial charge in [-0.3, -0.25) is 5.32 Å². The summed E-state index contributed by atoms with van der Waals surface area (Å²) >= 11 is 1.17. The Morgan fingerprint density at radius 2 is 2.73 bits per heavy atom. The van der Waals surface area contributed by atoms with Gasteiger partial charge in [0.2, 0.25) is 0 Å². The van der Waals surface area contributed by atoms with E-state index in [9.17, 15) is 0 Å². The fourth-order valence-electron chi connectivity index (χ4n) is 0.752.